The van der Waals surface area contributed by atoms with Gasteiger partial charge in [0.25, 0.3) is 5.75 Å². The Labute approximate surface area is 141 Å². The van der Waals surface area contributed by atoms with Crippen LogP contribution >= 0.6 is 0 Å². The lowest BCUT2D eigenvalue weighted by atomic mass is 10.1. The number of fused-ring (bicyclic) bond motifs is 1. The largest absolute Gasteiger partial charge is 0.455 e. The lowest BCUT2D eigenvalue weighted by Gasteiger charge is -2.08. The zero-order valence-electron chi connectivity index (χ0n) is 12.9. The summed E-state index contributed by atoms with van der Waals surface area (Å²) in [6, 6.07) is 2.10. The molecule has 0 aliphatic heterocycles. The summed E-state index contributed by atoms with van der Waals surface area (Å²) in [5.41, 5.74) is -3.24. The number of nitro benzene ring substituents is 2. The third kappa shape index (κ3) is 2.80. The molecule has 2 aromatic heterocycles. The Bertz CT molecular complexity index is 1060. The third-order valence-corrected chi connectivity index (χ3v) is 3.22. The fourth-order valence-corrected chi connectivity index (χ4v) is 2.21. The van der Waals surface area contributed by atoms with Crippen LogP contribution in [0.1, 0.15) is 0 Å². The minimum Gasteiger partial charge on any atom is -0.455 e. The van der Waals surface area contributed by atoms with E-state index in [1.54, 1.807) is 0 Å². The van der Waals surface area contributed by atoms with E-state index in [2.05, 4.69) is 25.4 Å². The van der Waals surface area contributed by atoms with E-state index in [0.29, 0.717) is 0 Å². The van der Waals surface area contributed by atoms with E-state index in [1.807, 2.05) is 0 Å². The molecular formula is C12H8N6O8. The maximum Gasteiger partial charge on any atom is 0.361 e. The van der Waals surface area contributed by atoms with Crippen molar-refractivity contribution in [2.45, 2.75) is 0 Å². The van der Waals surface area contributed by atoms with Gasteiger partial charge in [-0.3, -0.25) is 20.2 Å². The average Bonchev–Trinajstić information content (AvgIpc) is 3.12. The highest BCUT2D eigenvalue weighted by molar-refractivity contribution is 5.93. The second kappa shape index (κ2) is 6.52. The van der Waals surface area contributed by atoms with Crippen molar-refractivity contribution in [2.75, 3.05) is 13.9 Å². The van der Waals surface area contributed by atoms with E-state index >= 15 is 0 Å². The second-order valence-electron chi connectivity index (χ2n) is 4.74. The molecule has 0 atom stereocenters. The molecule has 26 heavy (non-hydrogen) atoms. The Morgan fingerprint density at radius 1 is 1.27 bits per heavy atom. The van der Waals surface area contributed by atoms with E-state index in [4.69, 9.17) is 9.15 Å². The number of nitrogens with zero attached hydrogens (tertiary/aromatic N) is 5. The summed E-state index contributed by atoms with van der Waals surface area (Å²) >= 11 is 0. The molecule has 0 amide bonds. The second-order valence-corrected chi connectivity index (χ2v) is 4.74. The Morgan fingerprint density at radius 3 is 2.62 bits per heavy atom. The van der Waals surface area contributed by atoms with E-state index in [9.17, 15) is 25.0 Å². The topological polar surface area (TPSA) is 189 Å². The Balaban J connectivity index is 2.38. The summed E-state index contributed by atoms with van der Waals surface area (Å²) in [4.78, 5) is 33.1. The van der Waals surface area contributed by atoms with Crippen molar-refractivity contribution in [1.29, 1.82) is 0 Å². The van der Waals surface area contributed by atoms with Crippen molar-refractivity contribution >= 4 is 22.3 Å². The van der Waals surface area contributed by atoms with E-state index in [1.165, 1.54) is 7.11 Å². The molecule has 14 nitrogen and oxygen atoms in total. The van der Waals surface area contributed by atoms with Crippen molar-refractivity contribution in [2.24, 2.45) is 0 Å². The summed E-state index contributed by atoms with van der Waals surface area (Å²) in [6.07, 6.45) is 0. The molecular weight excluding hydrogens is 356 g/mol. The molecule has 2 heterocycles. The van der Waals surface area contributed by atoms with Crippen molar-refractivity contribution in [3.05, 3.63) is 42.8 Å². The highest BCUT2D eigenvalue weighted by Crippen LogP contribution is 2.43. The molecule has 0 aliphatic rings. The van der Waals surface area contributed by atoms with E-state index in [-0.39, 0.29) is 16.8 Å². The Morgan fingerprint density at radius 2 is 2.04 bits per heavy atom. The number of aromatic nitrogens is 4. The molecule has 0 fully saturated rings. The number of rotatable bonds is 6. The first-order chi connectivity index (χ1) is 12.4. The smallest absolute Gasteiger partial charge is 0.361 e. The average molecular weight is 364 g/mol. The van der Waals surface area contributed by atoms with Gasteiger partial charge in [0.2, 0.25) is 11.4 Å². The maximum absolute atomic E-state index is 12.1. The quantitative estimate of drug-likeness (QED) is 0.281. The summed E-state index contributed by atoms with van der Waals surface area (Å²) in [5.74, 6) is -0.824. The molecule has 1 aromatic carbocycles. The number of methoxy groups -OCH3 is 1. The molecule has 0 spiro atoms. The van der Waals surface area contributed by atoms with E-state index < -0.39 is 45.0 Å². The van der Waals surface area contributed by atoms with Crippen LogP contribution in [0.15, 0.2) is 21.3 Å². The van der Waals surface area contributed by atoms with Crippen molar-refractivity contribution in [1.82, 2.24) is 20.6 Å². The minimum absolute atomic E-state index is 0.0902. The first-order valence-electron chi connectivity index (χ1n) is 6.73. The number of nitro groups is 2. The number of hydrogen-bond acceptors (Lipinski definition) is 11. The molecule has 1 N–H and O–H groups in total. The Kier molecular flexibility index (Phi) is 4.24. The van der Waals surface area contributed by atoms with Crippen molar-refractivity contribution in [3.8, 4) is 17.1 Å². The molecule has 3 aromatic rings. The monoisotopic (exact) mass is 364 g/mol. The predicted octanol–water partition coefficient (Wildman–Crippen LogP) is 0.772. The highest BCUT2D eigenvalue weighted by atomic mass is 16.7. The van der Waals surface area contributed by atoms with Gasteiger partial charge in [-0.1, -0.05) is 0 Å². The van der Waals surface area contributed by atoms with Crippen LogP contribution in [0.3, 0.4) is 0 Å². The molecule has 0 bridgehead atoms. The zero-order chi connectivity index (χ0) is 18.8. The van der Waals surface area contributed by atoms with Crippen LogP contribution in [0.5, 0.6) is 5.75 Å². The van der Waals surface area contributed by atoms with Gasteiger partial charge in [-0.2, -0.15) is 5.21 Å². The molecule has 14 heteroatoms. The maximum atomic E-state index is 12.1. The molecule has 0 saturated carbocycles. The van der Waals surface area contributed by atoms with Gasteiger partial charge in [0, 0.05) is 18.6 Å². The lowest BCUT2D eigenvalue weighted by molar-refractivity contribution is -0.395. The van der Waals surface area contributed by atoms with Gasteiger partial charge in [-0.05, 0) is 11.3 Å². The van der Waals surface area contributed by atoms with Gasteiger partial charge in [0.15, 0.2) is 6.79 Å². The number of aromatic amines is 1. The lowest BCUT2D eigenvalue weighted by Crippen LogP contribution is -2.08. The number of hydrogen-bond donors (Lipinski definition) is 1. The van der Waals surface area contributed by atoms with Crippen molar-refractivity contribution in [3.63, 3.8) is 0 Å². The zero-order valence-corrected chi connectivity index (χ0v) is 12.9. The molecule has 134 valence electrons. The third-order valence-electron chi connectivity index (χ3n) is 3.22. The van der Waals surface area contributed by atoms with Crippen molar-refractivity contribution < 1.29 is 23.7 Å². The summed E-state index contributed by atoms with van der Waals surface area (Å²) in [6.45, 7) is -0.488. The normalized spacial score (nSPS) is 10.8. The molecule has 0 unspecified atom stereocenters. The standard InChI is InChI=1S/C12H8N6O8/c1-24-4-25-10-7(17(20)21)3-5-2-6(11-13-15-16-14-11)12(19)26-9(5)8(10)18(22)23/h2-3H,4H2,1H3,(H,13,14,15,16). The molecule has 0 aliphatic carbocycles. The SMILES string of the molecule is COCOc1c([N+](=O)[O-])cc2cc(-c3nn[nH]n3)c(=O)oc2c1[N+](=O)[O-]. The van der Waals surface area contributed by atoms with Gasteiger partial charge in [-0.25, -0.2) is 4.79 Å². The molecule has 3 rings (SSSR count). The van der Waals surface area contributed by atoms with Gasteiger partial charge in [0.1, 0.15) is 5.56 Å². The first kappa shape index (κ1) is 16.9. The van der Waals surface area contributed by atoms with Crippen LogP contribution in [0, 0.1) is 20.2 Å². The van der Waals surface area contributed by atoms with Crippen LogP contribution in [0.25, 0.3) is 22.4 Å². The summed E-state index contributed by atoms with van der Waals surface area (Å²) in [5, 5.41) is 35.3. The number of benzene rings is 1. The van der Waals surface area contributed by atoms with Gasteiger partial charge < -0.3 is 13.9 Å². The predicted molar refractivity (Wildman–Crippen MR) is 81.5 cm³/mol. The van der Waals surface area contributed by atoms with Gasteiger partial charge in [0.05, 0.1) is 9.85 Å². The fourth-order valence-electron chi connectivity index (χ4n) is 2.21. The van der Waals surface area contributed by atoms with Gasteiger partial charge >= 0.3 is 17.0 Å². The molecule has 0 saturated heterocycles. The fraction of sp³-hybridized carbons (Fsp3) is 0.167. The van der Waals surface area contributed by atoms with E-state index in [0.717, 1.165) is 12.1 Å². The Hall–Kier alpha value is -3.94. The van der Waals surface area contributed by atoms with Crippen LogP contribution in [0.2, 0.25) is 0 Å². The van der Waals surface area contributed by atoms with Crippen LogP contribution in [-0.4, -0.2) is 44.4 Å². The highest BCUT2D eigenvalue weighted by Gasteiger charge is 2.33. The van der Waals surface area contributed by atoms with Crippen LogP contribution < -0.4 is 10.4 Å². The van der Waals surface area contributed by atoms with Gasteiger partial charge in [-0.15, -0.1) is 10.2 Å². The summed E-state index contributed by atoms with van der Waals surface area (Å²) < 4.78 is 14.6. The number of ether oxygens (including phenoxy) is 2. The number of tetrazole rings is 1. The van der Waals surface area contributed by atoms with Crippen LogP contribution in [-0.2, 0) is 4.74 Å². The van der Waals surface area contributed by atoms with Crippen LogP contribution in [0.4, 0.5) is 11.4 Å². The number of nitrogens with one attached hydrogen (secondary N) is 1. The summed E-state index contributed by atoms with van der Waals surface area (Å²) in [7, 11) is 1.23. The molecule has 0 radical (unpaired) electrons. The minimum atomic E-state index is -0.992. The first-order valence-corrected chi connectivity index (χ1v) is 6.73. The number of H-pyrrole nitrogens is 1.